The first-order valence-electron chi connectivity index (χ1n) is 15.6. The SMILES string of the molecule is CCCC(N)(CC)C1(c2ccccc2)CCN(CCC(c2ccc(Cl)cc2)(c2ccc(Cl)cc2)c2ccc(Cl)cc2)CC1. The van der Waals surface area contributed by atoms with Crippen molar-refractivity contribution >= 4 is 34.8 Å². The maximum absolute atomic E-state index is 7.35. The van der Waals surface area contributed by atoms with Gasteiger partial charge in [-0.05, 0) is 110 Å². The Hall–Kier alpha value is -2.33. The number of rotatable bonds is 11. The Morgan fingerprint density at radius 1 is 0.651 bits per heavy atom. The molecule has 1 heterocycles. The van der Waals surface area contributed by atoms with Crippen LogP contribution < -0.4 is 5.73 Å². The van der Waals surface area contributed by atoms with Gasteiger partial charge in [0, 0.05) is 31.4 Å². The fourth-order valence-electron chi connectivity index (χ4n) is 7.65. The number of halogens is 3. The summed E-state index contributed by atoms with van der Waals surface area (Å²) >= 11 is 19.2. The summed E-state index contributed by atoms with van der Waals surface area (Å²) in [5, 5.41) is 2.18. The standard InChI is InChI=1S/C38H43Cl3N2/c1-3-22-37(42,4-2)36(29-8-6-5-7-9-29)23-26-43(27-24-36)28-25-38(30-10-16-33(39)17-11-30,31-12-18-34(40)19-13-31)32-14-20-35(41)21-15-32/h5-21H,3-4,22-28,42H2,1-2H3. The molecule has 4 aromatic carbocycles. The maximum Gasteiger partial charge on any atom is 0.0463 e. The molecule has 5 heteroatoms. The van der Waals surface area contributed by atoms with Gasteiger partial charge < -0.3 is 10.6 Å². The van der Waals surface area contributed by atoms with Crippen molar-refractivity contribution < 1.29 is 0 Å². The van der Waals surface area contributed by atoms with E-state index in [2.05, 4.69) is 85.5 Å². The van der Waals surface area contributed by atoms with E-state index in [9.17, 15) is 0 Å². The quantitative estimate of drug-likeness (QED) is 0.167. The summed E-state index contributed by atoms with van der Waals surface area (Å²) in [6.07, 6.45) is 6.10. The molecule has 0 spiro atoms. The number of hydrogen-bond acceptors (Lipinski definition) is 2. The fraction of sp³-hybridized carbons (Fsp3) is 0.368. The summed E-state index contributed by atoms with van der Waals surface area (Å²) < 4.78 is 0. The first kappa shape index (κ1) is 32.1. The highest BCUT2D eigenvalue weighted by atomic mass is 35.5. The average Bonchev–Trinajstić information content (AvgIpc) is 3.04. The lowest BCUT2D eigenvalue weighted by Crippen LogP contribution is -2.62. The highest BCUT2D eigenvalue weighted by molar-refractivity contribution is 6.31. The van der Waals surface area contributed by atoms with Gasteiger partial charge in [0.2, 0.25) is 0 Å². The van der Waals surface area contributed by atoms with Crippen molar-refractivity contribution in [2.24, 2.45) is 5.73 Å². The molecule has 2 nitrogen and oxygen atoms in total. The number of benzene rings is 4. The molecule has 1 fully saturated rings. The van der Waals surface area contributed by atoms with E-state index in [4.69, 9.17) is 40.5 Å². The van der Waals surface area contributed by atoms with Crippen molar-refractivity contribution in [2.75, 3.05) is 19.6 Å². The van der Waals surface area contributed by atoms with E-state index in [1.54, 1.807) is 0 Å². The van der Waals surface area contributed by atoms with Crippen LogP contribution in [0.3, 0.4) is 0 Å². The lowest BCUT2D eigenvalue weighted by Gasteiger charge is -2.53. The van der Waals surface area contributed by atoms with E-state index in [0.29, 0.717) is 0 Å². The summed E-state index contributed by atoms with van der Waals surface area (Å²) in [4.78, 5) is 2.64. The smallest absolute Gasteiger partial charge is 0.0463 e. The number of nitrogens with two attached hydrogens (primary N) is 1. The van der Waals surface area contributed by atoms with Gasteiger partial charge in [-0.25, -0.2) is 0 Å². The van der Waals surface area contributed by atoms with E-state index >= 15 is 0 Å². The zero-order valence-electron chi connectivity index (χ0n) is 25.3. The molecule has 0 radical (unpaired) electrons. The van der Waals surface area contributed by atoms with Crippen molar-refractivity contribution in [3.8, 4) is 0 Å². The van der Waals surface area contributed by atoms with Gasteiger partial charge in [-0.1, -0.05) is 122 Å². The molecule has 1 aliphatic heterocycles. The molecule has 43 heavy (non-hydrogen) atoms. The van der Waals surface area contributed by atoms with Crippen LogP contribution in [-0.4, -0.2) is 30.1 Å². The van der Waals surface area contributed by atoms with Crippen molar-refractivity contribution in [3.05, 3.63) is 140 Å². The molecule has 1 aliphatic rings. The lowest BCUT2D eigenvalue weighted by molar-refractivity contribution is 0.0815. The topological polar surface area (TPSA) is 29.3 Å². The zero-order chi connectivity index (χ0) is 30.5. The Kier molecular flexibility index (Phi) is 10.3. The van der Waals surface area contributed by atoms with Crippen LogP contribution in [0.25, 0.3) is 0 Å². The van der Waals surface area contributed by atoms with E-state index in [1.165, 1.54) is 22.3 Å². The molecule has 0 bridgehead atoms. The van der Waals surface area contributed by atoms with Gasteiger partial charge in [-0.3, -0.25) is 0 Å². The van der Waals surface area contributed by atoms with Gasteiger partial charge in [-0.2, -0.15) is 0 Å². The van der Waals surface area contributed by atoms with Gasteiger partial charge in [-0.15, -0.1) is 0 Å². The normalized spacial score (nSPS) is 17.0. The predicted molar refractivity (Wildman–Crippen MR) is 185 cm³/mol. The fourth-order valence-corrected chi connectivity index (χ4v) is 8.03. The molecule has 0 aromatic heterocycles. The van der Waals surface area contributed by atoms with E-state index in [1.807, 2.05) is 36.4 Å². The van der Waals surface area contributed by atoms with Crippen LogP contribution in [0, 0.1) is 0 Å². The Labute approximate surface area is 273 Å². The molecule has 4 aromatic rings. The summed E-state index contributed by atoms with van der Waals surface area (Å²) in [7, 11) is 0. The number of hydrogen-bond donors (Lipinski definition) is 1. The molecular weight excluding hydrogens is 591 g/mol. The molecule has 0 amide bonds. The van der Waals surface area contributed by atoms with Crippen LogP contribution in [0.15, 0.2) is 103 Å². The van der Waals surface area contributed by atoms with E-state index in [0.717, 1.165) is 73.2 Å². The third-order valence-electron chi connectivity index (χ3n) is 10.1. The Morgan fingerprint density at radius 3 is 1.49 bits per heavy atom. The minimum absolute atomic E-state index is 0.0326. The molecule has 226 valence electrons. The van der Waals surface area contributed by atoms with Gasteiger partial charge in [0.1, 0.15) is 0 Å². The second-order valence-corrected chi connectivity index (χ2v) is 13.5. The number of likely N-dealkylation sites (tertiary alicyclic amines) is 1. The lowest BCUT2D eigenvalue weighted by atomic mass is 9.58. The highest BCUT2D eigenvalue weighted by Gasteiger charge is 2.49. The van der Waals surface area contributed by atoms with E-state index in [-0.39, 0.29) is 11.0 Å². The van der Waals surface area contributed by atoms with Gasteiger partial charge in [0.25, 0.3) is 0 Å². The van der Waals surface area contributed by atoms with Crippen LogP contribution in [0.1, 0.15) is 74.6 Å². The molecule has 1 atom stereocenters. The minimum Gasteiger partial charge on any atom is -0.324 e. The second-order valence-electron chi connectivity index (χ2n) is 12.2. The Balaban J connectivity index is 1.50. The van der Waals surface area contributed by atoms with Crippen molar-refractivity contribution in [1.29, 1.82) is 0 Å². The molecule has 0 aliphatic carbocycles. The highest BCUT2D eigenvalue weighted by Crippen LogP contribution is 2.48. The Morgan fingerprint density at radius 2 is 1.09 bits per heavy atom. The summed E-state index contributed by atoms with van der Waals surface area (Å²) in [6.45, 7) is 7.49. The molecule has 5 rings (SSSR count). The van der Waals surface area contributed by atoms with Crippen LogP contribution in [0.5, 0.6) is 0 Å². The van der Waals surface area contributed by atoms with Crippen LogP contribution in [0.4, 0.5) is 0 Å². The predicted octanol–water partition coefficient (Wildman–Crippen LogP) is 10.3. The summed E-state index contributed by atoms with van der Waals surface area (Å²) in [6, 6.07) is 36.0. The second kappa shape index (κ2) is 13.8. The van der Waals surface area contributed by atoms with Gasteiger partial charge in [0.15, 0.2) is 0 Å². The van der Waals surface area contributed by atoms with Crippen molar-refractivity contribution in [3.63, 3.8) is 0 Å². The van der Waals surface area contributed by atoms with Gasteiger partial charge in [0.05, 0.1) is 0 Å². The third-order valence-corrected chi connectivity index (χ3v) is 10.9. The Bertz CT molecular complexity index is 1330. The van der Waals surface area contributed by atoms with E-state index < -0.39 is 5.41 Å². The minimum atomic E-state index is -0.406. The largest absolute Gasteiger partial charge is 0.324 e. The molecule has 1 saturated heterocycles. The zero-order valence-corrected chi connectivity index (χ0v) is 27.6. The number of piperidine rings is 1. The van der Waals surface area contributed by atoms with Crippen molar-refractivity contribution in [1.82, 2.24) is 4.90 Å². The van der Waals surface area contributed by atoms with Gasteiger partial charge >= 0.3 is 0 Å². The number of nitrogens with zero attached hydrogens (tertiary/aromatic N) is 1. The molecule has 2 N–H and O–H groups in total. The molecular formula is C38H43Cl3N2. The molecule has 1 unspecified atom stereocenters. The summed E-state index contributed by atoms with van der Waals surface area (Å²) in [5.74, 6) is 0. The maximum atomic E-state index is 7.35. The van der Waals surface area contributed by atoms with Crippen LogP contribution in [-0.2, 0) is 10.8 Å². The first-order chi connectivity index (χ1) is 20.8. The monoisotopic (exact) mass is 632 g/mol. The van der Waals surface area contributed by atoms with Crippen LogP contribution >= 0.6 is 34.8 Å². The first-order valence-corrected chi connectivity index (χ1v) is 16.7. The summed E-state index contributed by atoms with van der Waals surface area (Å²) in [5.41, 5.74) is 11.7. The third kappa shape index (κ3) is 6.42. The average molecular weight is 634 g/mol. The molecule has 0 saturated carbocycles. The van der Waals surface area contributed by atoms with Crippen molar-refractivity contribution in [2.45, 2.75) is 68.7 Å². The van der Waals surface area contributed by atoms with Crippen LogP contribution in [0.2, 0.25) is 15.1 Å².